The highest BCUT2D eigenvalue weighted by atomic mass is 35.5. The molecule has 1 saturated carbocycles. The van der Waals surface area contributed by atoms with Crippen molar-refractivity contribution in [1.29, 1.82) is 0 Å². The van der Waals surface area contributed by atoms with Crippen molar-refractivity contribution in [2.24, 2.45) is 11.8 Å². The number of rotatable bonds is 1. The predicted octanol–water partition coefficient (Wildman–Crippen LogP) is 5.25. The van der Waals surface area contributed by atoms with Crippen LogP contribution in [0.1, 0.15) is 44.0 Å². The minimum absolute atomic E-state index is 0.0298. The number of hydrogen-bond acceptors (Lipinski definition) is 10. The average molecular weight is 639 g/mol. The Labute approximate surface area is 262 Å². The van der Waals surface area contributed by atoms with E-state index in [2.05, 4.69) is 4.98 Å². The highest BCUT2D eigenvalue weighted by molar-refractivity contribution is 6.30. The standard InChI is InChI=1S/C32H32ClFN4O7/c1-17-10-18-6-7-32(17,34)22-11-19(33)13-35-30(22)44-20-12-23(31(40)41)38(14-20)29-28-27(21-4-2-3-5-25(21)45-28)36-26(37-29)16-43-9-8-42-15-24(18)39/h2-5,11,13,17-18,20,23H,6-10,12,14-16H2,1H3,(H,40,41)/t17-,18?,20-,23-,32+/m0/s1. The van der Waals surface area contributed by atoms with Gasteiger partial charge in [-0.1, -0.05) is 30.7 Å². The van der Waals surface area contributed by atoms with Crippen molar-refractivity contribution in [1.82, 2.24) is 15.0 Å². The first-order valence-corrected chi connectivity index (χ1v) is 15.5. The second-order valence-corrected chi connectivity index (χ2v) is 12.5. The number of Topliss-reactive ketones (excluding diaryl/α,β-unsaturated/α-hetero) is 1. The van der Waals surface area contributed by atoms with Crippen LogP contribution in [-0.4, -0.2) is 70.3 Å². The molecule has 2 fully saturated rings. The maximum Gasteiger partial charge on any atom is 0.326 e. The number of ether oxygens (including phenoxy) is 3. The number of para-hydroxylation sites is 1. The van der Waals surface area contributed by atoms with Crippen molar-refractivity contribution in [3.05, 3.63) is 52.9 Å². The van der Waals surface area contributed by atoms with Gasteiger partial charge in [0.2, 0.25) is 5.88 Å². The number of hydrogen-bond donors (Lipinski definition) is 1. The third kappa shape index (κ3) is 5.49. The lowest BCUT2D eigenvalue weighted by Crippen LogP contribution is -2.39. The van der Waals surface area contributed by atoms with Crippen LogP contribution in [0.5, 0.6) is 5.88 Å². The van der Waals surface area contributed by atoms with Gasteiger partial charge in [-0.05, 0) is 43.4 Å². The van der Waals surface area contributed by atoms with E-state index < -0.39 is 29.7 Å². The molecule has 1 aliphatic carbocycles. The highest BCUT2D eigenvalue weighted by Crippen LogP contribution is 2.50. The lowest BCUT2D eigenvalue weighted by atomic mass is 9.69. The van der Waals surface area contributed by atoms with Gasteiger partial charge in [0.25, 0.3) is 0 Å². The molecular weight excluding hydrogens is 607 g/mol. The number of carbonyl (C=O) groups is 2. The lowest BCUT2D eigenvalue weighted by Gasteiger charge is -2.39. The number of carbonyl (C=O) groups excluding carboxylic acids is 1. The second-order valence-electron chi connectivity index (χ2n) is 12.0. The number of aliphatic carboxylic acids is 1. The van der Waals surface area contributed by atoms with Crippen molar-refractivity contribution in [3.63, 3.8) is 0 Å². The molecule has 5 atom stereocenters. The molecule has 0 radical (unpaired) electrons. The number of furan rings is 1. The fourth-order valence-corrected chi connectivity index (χ4v) is 6.99. The highest BCUT2D eigenvalue weighted by Gasteiger charge is 2.48. The van der Waals surface area contributed by atoms with Crippen molar-refractivity contribution in [3.8, 4) is 5.88 Å². The van der Waals surface area contributed by atoms with Gasteiger partial charge >= 0.3 is 5.97 Å². The summed E-state index contributed by atoms with van der Waals surface area (Å²) in [7, 11) is 0. The van der Waals surface area contributed by atoms with Crippen molar-refractivity contribution >= 4 is 51.2 Å². The van der Waals surface area contributed by atoms with Crippen LogP contribution in [0.25, 0.3) is 22.1 Å². The molecule has 11 nitrogen and oxygen atoms in total. The van der Waals surface area contributed by atoms with Gasteiger partial charge in [-0.25, -0.2) is 24.1 Å². The molecule has 13 heteroatoms. The minimum atomic E-state index is -1.86. The summed E-state index contributed by atoms with van der Waals surface area (Å²) in [6.45, 7) is 2.19. The van der Waals surface area contributed by atoms with E-state index in [0.29, 0.717) is 41.2 Å². The van der Waals surface area contributed by atoms with Crippen molar-refractivity contribution in [2.45, 2.75) is 57.0 Å². The Morgan fingerprint density at radius 2 is 1.96 bits per heavy atom. The zero-order chi connectivity index (χ0) is 31.3. The van der Waals surface area contributed by atoms with E-state index in [1.165, 1.54) is 12.3 Å². The summed E-state index contributed by atoms with van der Waals surface area (Å²) in [6.07, 6.45) is 1.54. The number of benzene rings is 1. The third-order valence-corrected chi connectivity index (χ3v) is 9.40. The van der Waals surface area contributed by atoms with Crippen LogP contribution in [0.3, 0.4) is 0 Å². The van der Waals surface area contributed by atoms with Crippen LogP contribution in [0.15, 0.2) is 40.9 Å². The number of aromatic nitrogens is 3. The molecule has 6 bridgehead atoms. The molecule has 4 aromatic rings. The van der Waals surface area contributed by atoms with Gasteiger partial charge in [0.05, 0.1) is 30.3 Å². The van der Waals surface area contributed by atoms with Gasteiger partial charge in [-0.2, -0.15) is 0 Å². The van der Waals surface area contributed by atoms with Gasteiger partial charge in [-0.3, -0.25) is 4.79 Å². The SMILES string of the molecule is C[C@H]1CC2CC[C@]1(F)c1cc(Cl)cnc1O[C@H]1C[C@@H](C(=O)O)N(C1)c1nc(nc3c1oc1ccccc13)COCCOCC2=O. The monoisotopic (exact) mass is 638 g/mol. The molecule has 8 rings (SSSR count). The Hall–Kier alpha value is -3.87. The summed E-state index contributed by atoms with van der Waals surface area (Å²) >= 11 is 6.31. The Morgan fingerprint density at radius 1 is 1.16 bits per heavy atom. The van der Waals surface area contributed by atoms with E-state index in [1.54, 1.807) is 11.8 Å². The molecule has 236 valence electrons. The number of fused-ring (bicyclic) bond motifs is 11. The maximum atomic E-state index is 17.0. The van der Waals surface area contributed by atoms with Gasteiger partial charge in [-0.15, -0.1) is 0 Å². The van der Waals surface area contributed by atoms with Gasteiger partial charge in [0.15, 0.2) is 23.0 Å². The van der Waals surface area contributed by atoms with Crippen LogP contribution >= 0.6 is 11.6 Å². The second kappa shape index (κ2) is 11.8. The van der Waals surface area contributed by atoms with Gasteiger partial charge in [0, 0.05) is 23.9 Å². The van der Waals surface area contributed by atoms with E-state index in [0.717, 1.165) is 5.39 Å². The molecule has 1 unspecified atom stereocenters. The fourth-order valence-electron chi connectivity index (χ4n) is 6.83. The number of alkyl halides is 1. The van der Waals surface area contributed by atoms with Crippen LogP contribution in [0.2, 0.25) is 5.02 Å². The molecule has 1 aromatic carbocycles. The number of halogens is 2. The minimum Gasteiger partial charge on any atom is -0.480 e. The van der Waals surface area contributed by atoms with E-state index in [4.69, 9.17) is 40.2 Å². The summed E-state index contributed by atoms with van der Waals surface area (Å²) in [5, 5.41) is 11.3. The molecule has 6 heterocycles. The number of carboxylic acid groups (broad SMARTS) is 1. The molecule has 0 spiro atoms. The van der Waals surface area contributed by atoms with Gasteiger partial charge in [0.1, 0.15) is 42.1 Å². The molecule has 3 aliphatic heterocycles. The average Bonchev–Trinajstić information content (AvgIpc) is 3.62. The molecule has 45 heavy (non-hydrogen) atoms. The summed E-state index contributed by atoms with van der Waals surface area (Å²) in [5.41, 5.74) is -0.208. The smallest absolute Gasteiger partial charge is 0.326 e. The Bertz CT molecular complexity index is 1790. The Kier molecular flexibility index (Phi) is 7.83. The molecule has 4 aliphatic rings. The quantitative estimate of drug-likeness (QED) is 0.292. The van der Waals surface area contributed by atoms with Crippen LogP contribution in [0, 0.1) is 11.8 Å². The first-order valence-electron chi connectivity index (χ1n) is 15.1. The topological polar surface area (TPSA) is 137 Å². The van der Waals surface area contributed by atoms with Gasteiger partial charge < -0.3 is 28.6 Å². The normalized spacial score (nSPS) is 27.8. The predicted molar refractivity (Wildman–Crippen MR) is 161 cm³/mol. The molecule has 0 amide bonds. The molecular formula is C32H32ClFN4O7. The molecule has 1 N–H and O–H groups in total. The number of carboxylic acids is 1. The summed E-state index contributed by atoms with van der Waals surface area (Å²) in [4.78, 5) is 41.0. The summed E-state index contributed by atoms with van der Waals surface area (Å²) in [5.74, 6) is -1.34. The number of nitrogens with zero attached hydrogens (tertiary/aromatic N) is 4. The van der Waals surface area contributed by atoms with Crippen LogP contribution < -0.4 is 9.64 Å². The first kappa shape index (κ1) is 29.8. The number of anilines is 1. The Morgan fingerprint density at radius 3 is 2.76 bits per heavy atom. The lowest BCUT2D eigenvalue weighted by molar-refractivity contribution is -0.138. The molecule has 1 saturated heterocycles. The van der Waals surface area contributed by atoms with E-state index in [-0.39, 0.29) is 74.0 Å². The Balaban J connectivity index is 1.31. The largest absolute Gasteiger partial charge is 0.480 e. The first-order chi connectivity index (χ1) is 21.7. The summed E-state index contributed by atoms with van der Waals surface area (Å²) < 4.78 is 40.9. The maximum absolute atomic E-state index is 17.0. The zero-order valence-corrected chi connectivity index (χ0v) is 25.3. The van der Waals surface area contributed by atoms with Crippen LogP contribution in [0.4, 0.5) is 10.2 Å². The summed E-state index contributed by atoms with van der Waals surface area (Å²) in [6, 6.07) is 7.88. The fraction of sp³-hybridized carbons (Fsp3) is 0.469. The number of pyridine rings is 1. The van der Waals surface area contributed by atoms with Crippen molar-refractivity contribution < 1.29 is 37.7 Å². The third-order valence-electron chi connectivity index (χ3n) is 9.19. The van der Waals surface area contributed by atoms with E-state index >= 15 is 4.39 Å². The van der Waals surface area contributed by atoms with Crippen LogP contribution in [-0.2, 0) is 31.3 Å². The van der Waals surface area contributed by atoms with Crippen molar-refractivity contribution in [2.75, 3.05) is 31.3 Å². The molecule has 3 aromatic heterocycles. The van der Waals surface area contributed by atoms with E-state index in [9.17, 15) is 14.7 Å². The van der Waals surface area contributed by atoms with E-state index in [1.807, 2.05) is 24.3 Å². The number of ketones is 1. The zero-order valence-electron chi connectivity index (χ0n) is 24.6.